The molecular weight excluding hydrogens is 322 g/mol. The summed E-state index contributed by atoms with van der Waals surface area (Å²) >= 11 is 5.30. The summed E-state index contributed by atoms with van der Waals surface area (Å²) in [5.74, 6) is 0.914. The molecule has 0 atom stereocenters. The fourth-order valence-corrected chi connectivity index (χ4v) is 3.48. The molecule has 19 heavy (non-hydrogen) atoms. The second kappa shape index (κ2) is 6.55. The molecule has 0 bridgehead atoms. The molecule has 0 spiro atoms. The number of ether oxygens (including phenoxy) is 1. The van der Waals surface area contributed by atoms with Gasteiger partial charge in [-0.3, -0.25) is 0 Å². The molecule has 4 heteroatoms. The van der Waals surface area contributed by atoms with E-state index in [1.54, 1.807) is 0 Å². The van der Waals surface area contributed by atoms with Gasteiger partial charge in [0.1, 0.15) is 12.4 Å². The molecule has 0 aliphatic rings. The van der Waals surface area contributed by atoms with Crippen LogP contribution in [0, 0.1) is 6.92 Å². The topological polar surface area (TPSA) is 35.2 Å². The van der Waals surface area contributed by atoms with Gasteiger partial charge in [0, 0.05) is 26.3 Å². The van der Waals surface area contributed by atoms with Crippen LogP contribution in [0.4, 0.5) is 0 Å². The molecule has 1 aromatic carbocycles. The second-order valence-electron chi connectivity index (χ2n) is 4.43. The first-order chi connectivity index (χ1) is 9.13. The maximum absolute atomic E-state index is 5.97. The predicted molar refractivity (Wildman–Crippen MR) is 84.8 cm³/mol. The Morgan fingerprint density at radius 2 is 2.00 bits per heavy atom. The summed E-state index contributed by atoms with van der Waals surface area (Å²) < 4.78 is 7.01. The number of nitrogens with two attached hydrogens (primary N) is 1. The first kappa shape index (κ1) is 14.6. The Morgan fingerprint density at radius 1 is 1.26 bits per heavy atom. The number of halogens is 1. The molecule has 1 heterocycles. The van der Waals surface area contributed by atoms with Crippen LogP contribution in [0.15, 0.2) is 28.7 Å². The predicted octanol–water partition coefficient (Wildman–Crippen LogP) is 4.42. The van der Waals surface area contributed by atoms with Crippen molar-refractivity contribution in [2.75, 3.05) is 0 Å². The summed E-state index contributed by atoms with van der Waals surface area (Å²) in [6.45, 7) is 5.31. The first-order valence-electron chi connectivity index (χ1n) is 6.33. The fraction of sp³-hybridized carbons (Fsp3) is 0.333. The molecule has 1 aromatic heterocycles. The standard InChI is InChI=1S/C15H18BrNOS/c1-3-13-4-5-14(19-13)9-18-15-10(2)6-12(16)7-11(15)8-17/h4-7H,3,8-9,17H2,1-2H3. The van der Waals surface area contributed by atoms with E-state index in [4.69, 9.17) is 10.5 Å². The van der Waals surface area contributed by atoms with E-state index >= 15 is 0 Å². The smallest absolute Gasteiger partial charge is 0.127 e. The van der Waals surface area contributed by atoms with Gasteiger partial charge in [-0.05, 0) is 43.2 Å². The zero-order chi connectivity index (χ0) is 13.8. The Labute approximate surface area is 126 Å². The van der Waals surface area contributed by atoms with Crippen LogP contribution in [-0.2, 0) is 19.6 Å². The van der Waals surface area contributed by atoms with Gasteiger partial charge in [-0.2, -0.15) is 0 Å². The number of aryl methyl sites for hydroxylation is 2. The summed E-state index contributed by atoms with van der Waals surface area (Å²) in [4.78, 5) is 2.65. The van der Waals surface area contributed by atoms with Crippen LogP contribution in [-0.4, -0.2) is 0 Å². The van der Waals surface area contributed by atoms with Gasteiger partial charge in [-0.1, -0.05) is 22.9 Å². The molecule has 0 saturated heterocycles. The number of hydrogen-bond donors (Lipinski definition) is 1. The van der Waals surface area contributed by atoms with Crippen molar-refractivity contribution < 1.29 is 4.74 Å². The van der Waals surface area contributed by atoms with Crippen LogP contribution in [0.3, 0.4) is 0 Å². The zero-order valence-corrected chi connectivity index (χ0v) is 13.6. The van der Waals surface area contributed by atoms with Crippen molar-refractivity contribution in [3.8, 4) is 5.75 Å². The van der Waals surface area contributed by atoms with Crippen LogP contribution in [0.5, 0.6) is 5.75 Å². The minimum Gasteiger partial charge on any atom is -0.487 e. The van der Waals surface area contributed by atoms with Crippen molar-refractivity contribution in [2.45, 2.75) is 33.4 Å². The van der Waals surface area contributed by atoms with Crippen LogP contribution < -0.4 is 10.5 Å². The van der Waals surface area contributed by atoms with E-state index in [2.05, 4.69) is 41.1 Å². The molecule has 0 saturated carbocycles. The zero-order valence-electron chi connectivity index (χ0n) is 11.2. The molecule has 0 amide bonds. The van der Waals surface area contributed by atoms with Crippen molar-refractivity contribution in [2.24, 2.45) is 5.73 Å². The van der Waals surface area contributed by atoms with Crippen LogP contribution in [0.25, 0.3) is 0 Å². The Morgan fingerprint density at radius 3 is 2.63 bits per heavy atom. The van der Waals surface area contributed by atoms with Crippen molar-refractivity contribution in [3.63, 3.8) is 0 Å². The van der Waals surface area contributed by atoms with Crippen molar-refractivity contribution in [1.29, 1.82) is 0 Å². The molecule has 2 nitrogen and oxygen atoms in total. The summed E-state index contributed by atoms with van der Waals surface area (Å²) in [6, 6.07) is 8.38. The summed E-state index contributed by atoms with van der Waals surface area (Å²) in [6.07, 6.45) is 1.08. The quantitative estimate of drug-likeness (QED) is 0.874. The maximum atomic E-state index is 5.97. The lowest BCUT2D eigenvalue weighted by Crippen LogP contribution is -2.04. The molecule has 0 fully saturated rings. The van der Waals surface area contributed by atoms with Gasteiger partial charge >= 0.3 is 0 Å². The second-order valence-corrected chi connectivity index (χ2v) is 6.59. The van der Waals surface area contributed by atoms with Crippen molar-refractivity contribution in [1.82, 2.24) is 0 Å². The lowest BCUT2D eigenvalue weighted by molar-refractivity contribution is 0.304. The fourth-order valence-electron chi connectivity index (χ4n) is 1.99. The Hall–Kier alpha value is -0.840. The SMILES string of the molecule is CCc1ccc(COc2c(C)cc(Br)cc2CN)s1. The van der Waals surface area contributed by atoms with E-state index in [0.717, 1.165) is 27.8 Å². The lowest BCUT2D eigenvalue weighted by atomic mass is 10.1. The summed E-state index contributed by atoms with van der Waals surface area (Å²) in [5.41, 5.74) is 7.94. The maximum Gasteiger partial charge on any atom is 0.127 e. The van der Waals surface area contributed by atoms with Gasteiger partial charge in [0.05, 0.1) is 0 Å². The average molecular weight is 340 g/mol. The Kier molecular flexibility index (Phi) is 5.02. The minimum atomic E-state index is 0.486. The molecule has 102 valence electrons. The van der Waals surface area contributed by atoms with Gasteiger partial charge < -0.3 is 10.5 Å². The number of benzene rings is 1. The monoisotopic (exact) mass is 339 g/mol. The average Bonchev–Trinajstić information content (AvgIpc) is 2.84. The van der Waals surface area contributed by atoms with Crippen molar-refractivity contribution in [3.05, 3.63) is 49.6 Å². The minimum absolute atomic E-state index is 0.486. The van der Waals surface area contributed by atoms with E-state index in [0.29, 0.717) is 13.2 Å². The number of rotatable bonds is 5. The van der Waals surface area contributed by atoms with Crippen LogP contribution >= 0.6 is 27.3 Å². The highest BCUT2D eigenvalue weighted by Gasteiger charge is 2.09. The largest absolute Gasteiger partial charge is 0.487 e. The molecule has 0 aliphatic carbocycles. The normalized spacial score (nSPS) is 10.7. The van der Waals surface area contributed by atoms with E-state index in [1.165, 1.54) is 9.75 Å². The van der Waals surface area contributed by atoms with E-state index in [-0.39, 0.29) is 0 Å². The summed E-state index contributed by atoms with van der Waals surface area (Å²) in [5, 5.41) is 0. The molecule has 2 aromatic rings. The van der Waals surface area contributed by atoms with Crippen LogP contribution in [0.2, 0.25) is 0 Å². The molecule has 0 aliphatic heterocycles. The Bertz CT molecular complexity index is 565. The Balaban J connectivity index is 2.14. The third kappa shape index (κ3) is 3.59. The van der Waals surface area contributed by atoms with E-state index in [9.17, 15) is 0 Å². The third-order valence-electron chi connectivity index (χ3n) is 2.96. The van der Waals surface area contributed by atoms with Gasteiger partial charge in [0.2, 0.25) is 0 Å². The molecule has 2 N–H and O–H groups in total. The highest BCUT2D eigenvalue weighted by molar-refractivity contribution is 9.10. The number of hydrogen-bond acceptors (Lipinski definition) is 3. The molecular formula is C15H18BrNOS. The van der Waals surface area contributed by atoms with Crippen molar-refractivity contribution >= 4 is 27.3 Å². The van der Waals surface area contributed by atoms with Gasteiger partial charge in [0.25, 0.3) is 0 Å². The van der Waals surface area contributed by atoms with E-state index < -0.39 is 0 Å². The number of thiophene rings is 1. The summed E-state index contributed by atoms with van der Waals surface area (Å²) in [7, 11) is 0. The van der Waals surface area contributed by atoms with Gasteiger partial charge in [0.15, 0.2) is 0 Å². The van der Waals surface area contributed by atoms with Crippen LogP contribution in [0.1, 0.15) is 27.8 Å². The van der Waals surface area contributed by atoms with Gasteiger partial charge in [-0.25, -0.2) is 0 Å². The first-order valence-corrected chi connectivity index (χ1v) is 7.94. The molecule has 0 unspecified atom stereocenters. The van der Waals surface area contributed by atoms with E-state index in [1.807, 2.05) is 24.3 Å². The highest BCUT2D eigenvalue weighted by Crippen LogP contribution is 2.29. The highest BCUT2D eigenvalue weighted by atomic mass is 79.9. The third-order valence-corrected chi connectivity index (χ3v) is 4.62. The van der Waals surface area contributed by atoms with Gasteiger partial charge in [-0.15, -0.1) is 11.3 Å². The lowest BCUT2D eigenvalue weighted by Gasteiger charge is -2.13. The molecule has 2 rings (SSSR count). The molecule has 0 radical (unpaired) electrons.